The van der Waals surface area contributed by atoms with E-state index >= 15 is 0 Å². The lowest BCUT2D eigenvalue weighted by Gasteiger charge is -2.24. The lowest BCUT2D eigenvalue weighted by molar-refractivity contribution is 0.166. The van der Waals surface area contributed by atoms with Gasteiger partial charge >= 0.3 is 0 Å². The Hall–Kier alpha value is -1.36. The fourth-order valence-electron chi connectivity index (χ4n) is 3.50. The van der Waals surface area contributed by atoms with Crippen molar-refractivity contribution in [2.75, 3.05) is 44.7 Å². The quantitative estimate of drug-likeness (QED) is 0.670. The van der Waals surface area contributed by atoms with Gasteiger partial charge in [0.2, 0.25) is 0 Å². The normalized spacial score (nSPS) is 17.5. The Bertz CT molecular complexity index is 673. The molecule has 4 nitrogen and oxygen atoms in total. The fraction of sp³-hybridized carbons (Fsp3) is 0.550. The van der Waals surface area contributed by atoms with Crippen LogP contribution in [0.3, 0.4) is 0 Å². The number of rotatable bonds is 9. The molecule has 1 aromatic heterocycles. The first-order valence-electron chi connectivity index (χ1n) is 9.34. The van der Waals surface area contributed by atoms with Gasteiger partial charge in [-0.15, -0.1) is 0 Å². The average molecular weight is 362 g/mol. The van der Waals surface area contributed by atoms with Crippen molar-refractivity contribution in [3.63, 3.8) is 0 Å². The van der Waals surface area contributed by atoms with Crippen molar-refractivity contribution in [3.8, 4) is 0 Å². The van der Waals surface area contributed by atoms with Gasteiger partial charge in [0.1, 0.15) is 0 Å². The van der Waals surface area contributed by atoms with Crippen LogP contribution in [0.5, 0.6) is 0 Å². The molecular weight excluding hydrogens is 334 g/mol. The van der Waals surface area contributed by atoms with E-state index in [4.69, 9.17) is 16.3 Å². The minimum Gasteiger partial charge on any atom is -0.384 e. The molecule has 0 bridgehead atoms. The first kappa shape index (κ1) is 18.4. The summed E-state index contributed by atoms with van der Waals surface area (Å²) in [6.07, 6.45) is 5.39. The van der Waals surface area contributed by atoms with Crippen molar-refractivity contribution in [1.29, 1.82) is 0 Å². The van der Waals surface area contributed by atoms with E-state index in [1.807, 2.05) is 30.5 Å². The number of hydrogen-bond acceptors (Lipinski definition) is 4. The van der Waals surface area contributed by atoms with E-state index in [1.165, 1.54) is 25.9 Å². The number of nitrogens with one attached hydrogen (secondary N) is 1. The smallest absolute Gasteiger partial charge is 0.0737 e. The summed E-state index contributed by atoms with van der Waals surface area (Å²) in [5.74, 6) is 0.716. The lowest BCUT2D eigenvalue weighted by Crippen LogP contribution is -2.32. The minimum atomic E-state index is 0.716. The molecule has 1 fully saturated rings. The van der Waals surface area contributed by atoms with E-state index in [1.54, 1.807) is 0 Å². The van der Waals surface area contributed by atoms with Crippen LogP contribution in [0.25, 0.3) is 10.9 Å². The average Bonchev–Trinajstić information content (AvgIpc) is 3.11. The molecule has 3 rings (SSSR count). The zero-order valence-corrected chi connectivity index (χ0v) is 15.8. The van der Waals surface area contributed by atoms with Gasteiger partial charge in [-0.25, -0.2) is 0 Å². The summed E-state index contributed by atoms with van der Waals surface area (Å²) >= 11 is 6.06. The van der Waals surface area contributed by atoms with Crippen molar-refractivity contribution in [3.05, 3.63) is 35.5 Å². The Balaban J connectivity index is 1.50. The van der Waals surface area contributed by atoms with Crippen molar-refractivity contribution in [2.45, 2.75) is 26.2 Å². The molecule has 0 saturated carbocycles. The third-order valence-corrected chi connectivity index (χ3v) is 4.99. The van der Waals surface area contributed by atoms with Gasteiger partial charge in [-0.05, 0) is 62.5 Å². The Morgan fingerprint density at radius 1 is 1.32 bits per heavy atom. The van der Waals surface area contributed by atoms with Gasteiger partial charge in [0.05, 0.1) is 12.1 Å². The number of ether oxygens (including phenoxy) is 1. The third-order valence-electron chi connectivity index (χ3n) is 4.75. The molecule has 1 aliphatic heterocycles. The van der Waals surface area contributed by atoms with Crippen LogP contribution in [0.1, 0.15) is 26.2 Å². The van der Waals surface area contributed by atoms with Crippen molar-refractivity contribution < 1.29 is 4.74 Å². The summed E-state index contributed by atoms with van der Waals surface area (Å²) in [5.41, 5.74) is 2.07. The highest BCUT2D eigenvalue weighted by atomic mass is 35.5. The van der Waals surface area contributed by atoms with Gasteiger partial charge in [-0.3, -0.25) is 4.98 Å². The second-order valence-corrected chi connectivity index (χ2v) is 7.27. The fourth-order valence-corrected chi connectivity index (χ4v) is 3.67. The summed E-state index contributed by atoms with van der Waals surface area (Å²) in [6.45, 7) is 8.56. The number of aromatic nitrogens is 1. The van der Waals surface area contributed by atoms with Crippen LogP contribution in [-0.2, 0) is 4.74 Å². The maximum atomic E-state index is 6.06. The number of anilines is 1. The molecule has 0 spiro atoms. The summed E-state index contributed by atoms with van der Waals surface area (Å²) in [5, 5.41) is 5.41. The summed E-state index contributed by atoms with van der Waals surface area (Å²) in [6, 6.07) is 7.91. The van der Waals surface area contributed by atoms with E-state index in [9.17, 15) is 0 Å². The highest BCUT2D eigenvalue weighted by Crippen LogP contribution is 2.24. The molecule has 2 aromatic rings. The van der Waals surface area contributed by atoms with Crippen LogP contribution in [0.4, 0.5) is 5.69 Å². The lowest BCUT2D eigenvalue weighted by atomic mass is 10.1. The molecule has 1 saturated heterocycles. The number of nitrogens with zero attached hydrogens (tertiary/aromatic N) is 2. The molecule has 1 atom stereocenters. The number of pyridine rings is 1. The first-order valence-corrected chi connectivity index (χ1v) is 9.72. The number of benzene rings is 1. The summed E-state index contributed by atoms with van der Waals surface area (Å²) in [7, 11) is 0. The van der Waals surface area contributed by atoms with E-state index < -0.39 is 0 Å². The van der Waals surface area contributed by atoms with Crippen LogP contribution in [0.2, 0.25) is 5.02 Å². The molecule has 0 amide bonds. The molecule has 0 aliphatic carbocycles. The monoisotopic (exact) mass is 361 g/mol. The van der Waals surface area contributed by atoms with E-state index in [0.29, 0.717) is 5.92 Å². The van der Waals surface area contributed by atoms with Gasteiger partial charge in [0.25, 0.3) is 0 Å². The molecule has 1 aromatic carbocycles. The summed E-state index contributed by atoms with van der Waals surface area (Å²) < 4.78 is 5.51. The highest BCUT2D eigenvalue weighted by molar-refractivity contribution is 6.31. The Kier molecular flexibility index (Phi) is 6.91. The van der Waals surface area contributed by atoms with Crippen LogP contribution in [0.15, 0.2) is 30.5 Å². The Morgan fingerprint density at radius 2 is 2.24 bits per heavy atom. The van der Waals surface area contributed by atoms with Crippen LogP contribution in [0, 0.1) is 5.92 Å². The minimum absolute atomic E-state index is 0.716. The number of fused-ring (bicyclic) bond motifs is 1. The molecule has 2 heterocycles. The van der Waals surface area contributed by atoms with Gasteiger partial charge in [-0.1, -0.05) is 18.5 Å². The molecule has 0 radical (unpaired) electrons. The zero-order valence-electron chi connectivity index (χ0n) is 15.0. The van der Waals surface area contributed by atoms with E-state index in [-0.39, 0.29) is 0 Å². The van der Waals surface area contributed by atoms with Crippen LogP contribution in [-0.4, -0.2) is 49.3 Å². The SMILES string of the molecule is CCCN(CCCNc1ccnc2cc(Cl)ccc12)CC1CCOC1. The highest BCUT2D eigenvalue weighted by Gasteiger charge is 2.18. The second kappa shape index (κ2) is 9.37. The van der Waals surface area contributed by atoms with Gasteiger partial charge in [0.15, 0.2) is 0 Å². The van der Waals surface area contributed by atoms with Crippen molar-refractivity contribution >= 4 is 28.2 Å². The number of halogens is 1. The Morgan fingerprint density at radius 3 is 3.04 bits per heavy atom. The van der Waals surface area contributed by atoms with Gasteiger partial charge < -0.3 is 15.0 Å². The van der Waals surface area contributed by atoms with Gasteiger partial charge in [-0.2, -0.15) is 0 Å². The molecule has 5 heteroatoms. The molecule has 25 heavy (non-hydrogen) atoms. The molecule has 136 valence electrons. The zero-order chi connectivity index (χ0) is 17.5. The Labute approximate surface area is 155 Å². The topological polar surface area (TPSA) is 37.4 Å². The van der Waals surface area contributed by atoms with Crippen LogP contribution < -0.4 is 5.32 Å². The molecule has 1 aliphatic rings. The van der Waals surface area contributed by atoms with Gasteiger partial charge in [0, 0.05) is 42.0 Å². The second-order valence-electron chi connectivity index (χ2n) is 6.83. The molecule has 1 unspecified atom stereocenters. The maximum absolute atomic E-state index is 6.06. The van der Waals surface area contributed by atoms with E-state index in [0.717, 1.165) is 54.3 Å². The van der Waals surface area contributed by atoms with Crippen LogP contribution >= 0.6 is 11.6 Å². The van der Waals surface area contributed by atoms with Crippen molar-refractivity contribution in [1.82, 2.24) is 9.88 Å². The molecular formula is C20H28ClN3O. The first-order chi connectivity index (χ1) is 12.3. The number of hydrogen-bond donors (Lipinski definition) is 1. The van der Waals surface area contributed by atoms with E-state index in [2.05, 4.69) is 22.1 Å². The predicted octanol–water partition coefficient (Wildman–Crippen LogP) is 4.44. The maximum Gasteiger partial charge on any atom is 0.0737 e. The molecule has 1 N–H and O–H groups in total. The third kappa shape index (κ3) is 5.30. The summed E-state index contributed by atoms with van der Waals surface area (Å²) in [4.78, 5) is 6.99. The standard InChI is InChI=1S/C20H28ClN3O/c1-2-10-24(14-16-7-12-25-15-16)11-3-8-22-19-6-9-23-20-13-17(21)4-5-18(19)20/h4-6,9,13,16H,2-3,7-8,10-12,14-15H2,1H3,(H,22,23). The largest absolute Gasteiger partial charge is 0.384 e. The predicted molar refractivity (Wildman–Crippen MR) is 106 cm³/mol. The van der Waals surface area contributed by atoms with Crippen molar-refractivity contribution in [2.24, 2.45) is 5.92 Å².